The number of ether oxygens (including phenoxy) is 2. The Morgan fingerprint density at radius 2 is 1.85 bits per heavy atom. The van der Waals surface area contributed by atoms with Gasteiger partial charge in [0.05, 0.1) is 21.8 Å². The summed E-state index contributed by atoms with van der Waals surface area (Å²) in [5.41, 5.74) is 2.39. The minimum absolute atomic E-state index is 0.115. The van der Waals surface area contributed by atoms with E-state index in [0.717, 1.165) is 25.0 Å². The van der Waals surface area contributed by atoms with Crippen molar-refractivity contribution < 1.29 is 19.1 Å². The number of carbonyl (C=O) groups excluding carboxylic acids is 2. The first-order chi connectivity index (χ1) is 16.5. The van der Waals surface area contributed by atoms with E-state index in [2.05, 4.69) is 21.2 Å². The van der Waals surface area contributed by atoms with Crippen molar-refractivity contribution in [2.45, 2.75) is 25.5 Å². The highest BCUT2D eigenvalue weighted by atomic mass is 79.9. The summed E-state index contributed by atoms with van der Waals surface area (Å²) < 4.78 is 12.1. The van der Waals surface area contributed by atoms with Crippen LogP contribution in [0.5, 0.6) is 5.75 Å². The Balaban J connectivity index is 1.43. The number of benzene rings is 3. The summed E-state index contributed by atoms with van der Waals surface area (Å²) in [7, 11) is 1.75. The molecule has 0 aromatic heterocycles. The molecule has 0 bridgehead atoms. The van der Waals surface area contributed by atoms with Gasteiger partial charge in [0, 0.05) is 25.8 Å². The molecular formula is C27H27BrN2O4. The monoisotopic (exact) mass is 522 g/mol. The molecule has 6 nitrogen and oxygen atoms in total. The van der Waals surface area contributed by atoms with Gasteiger partial charge in [-0.15, -0.1) is 0 Å². The van der Waals surface area contributed by atoms with Gasteiger partial charge in [0.25, 0.3) is 11.8 Å². The first-order valence-electron chi connectivity index (χ1n) is 11.2. The van der Waals surface area contributed by atoms with Gasteiger partial charge in [-0.05, 0) is 64.7 Å². The van der Waals surface area contributed by atoms with Crippen molar-refractivity contribution >= 4 is 33.4 Å². The molecule has 4 rings (SSSR count). The van der Waals surface area contributed by atoms with E-state index in [4.69, 9.17) is 9.47 Å². The molecular weight excluding hydrogens is 496 g/mol. The Hall–Kier alpha value is -3.16. The number of hydrogen-bond donors (Lipinski definition) is 1. The van der Waals surface area contributed by atoms with Crippen molar-refractivity contribution in [2.24, 2.45) is 0 Å². The molecule has 7 heteroatoms. The van der Waals surface area contributed by atoms with Crippen molar-refractivity contribution in [3.05, 3.63) is 94.0 Å². The second-order valence-corrected chi connectivity index (χ2v) is 9.09. The molecule has 34 heavy (non-hydrogen) atoms. The van der Waals surface area contributed by atoms with E-state index in [1.807, 2.05) is 30.3 Å². The Kier molecular flexibility index (Phi) is 7.98. The number of nitrogens with one attached hydrogen (secondary N) is 1. The lowest BCUT2D eigenvalue weighted by molar-refractivity contribution is 0.0677. The lowest BCUT2D eigenvalue weighted by Gasteiger charge is -2.19. The minimum Gasteiger partial charge on any atom is -0.490 e. The zero-order valence-electron chi connectivity index (χ0n) is 19.0. The van der Waals surface area contributed by atoms with E-state index in [1.165, 1.54) is 0 Å². The SMILES string of the molecule is CN(Cc1ccccc1)C(=O)c1ccccc1NC(=O)c1ccc(OCC2CCCO2)c(Br)c1. The first kappa shape index (κ1) is 24.0. The minimum atomic E-state index is -0.308. The molecule has 0 saturated carbocycles. The summed E-state index contributed by atoms with van der Waals surface area (Å²) in [6.07, 6.45) is 2.17. The average molecular weight is 523 g/mol. The van der Waals surface area contributed by atoms with Gasteiger partial charge in [0.15, 0.2) is 0 Å². The van der Waals surface area contributed by atoms with Crippen LogP contribution in [0.3, 0.4) is 0 Å². The molecule has 3 aromatic rings. The number of halogens is 1. The number of amides is 2. The van der Waals surface area contributed by atoms with Gasteiger partial charge < -0.3 is 19.7 Å². The van der Waals surface area contributed by atoms with Crippen molar-refractivity contribution in [1.29, 1.82) is 0 Å². The van der Waals surface area contributed by atoms with Crippen LogP contribution in [0, 0.1) is 0 Å². The third-order valence-electron chi connectivity index (χ3n) is 5.66. The van der Waals surface area contributed by atoms with Gasteiger partial charge in [-0.2, -0.15) is 0 Å². The van der Waals surface area contributed by atoms with Crippen LogP contribution in [-0.2, 0) is 11.3 Å². The third kappa shape index (κ3) is 6.04. The van der Waals surface area contributed by atoms with Crippen LogP contribution in [-0.4, -0.2) is 43.1 Å². The highest BCUT2D eigenvalue weighted by Crippen LogP contribution is 2.28. The zero-order valence-corrected chi connectivity index (χ0v) is 20.6. The molecule has 1 aliphatic rings. The van der Waals surface area contributed by atoms with E-state index in [0.29, 0.717) is 40.2 Å². The first-order valence-corrected chi connectivity index (χ1v) is 12.0. The highest BCUT2D eigenvalue weighted by molar-refractivity contribution is 9.10. The van der Waals surface area contributed by atoms with Crippen LogP contribution in [0.15, 0.2) is 77.3 Å². The van der Waals surface area contributed by atoms with Crippen molar-refractivity contribution in [2.75, 3.05) is 25.6 Å². The van der Waals surface area contributed by atoms with Gasteiger partial charge in [-0.1, -0.05) is 42.5 Å². The average Bonchev–Trinajstić information content (AvgIpc) is 3.37. The van der Waals surface area contributed by atoms with E-state index in [1.54, 1.807) is 54.4 Å². The molecule has 1 aliphatic heterocycles. The fraction of sp³-hybridized carbons (Fsp3) is 0.259. The summed E-state index contributed by atoms with van der Waals surface area (Å²) in [5.74, 6) is 0.182. The maximum absolute atomic E-state index is 13.1. The second-order valence-electron chi connectivity index (χ2n) is 8.24. The predicted molar refractivity (Wildman–Crippen MR) is 135 cm³/mol. The van der Waals surface area contributed by atoms with Crippen LogP contribution >= 0.6 is 15.9 Å². The van der Waals surface area contributed by atoms with Gasteiger partial charge in [-0.25, -0.2) is 0 Å². The number of carbonyl (C=O) groups is 2. The summed E-state index contributed by atoms with van der Waals surface area (Å²) in [6.45, 7) is 1.73. The van der Waals surface area contributed by atoms with E-state index >= 15 is 0 Å². The molecule has 1 atom stereocenters. The number of anilines is 1. The smallest absolute Gasteiger partial charge is 0.256 e. The van der Waals surface area contributed by atoms with Gasteiger partial charge in [-0.3, -0.25) is 9.59 Å². The molecule has 0 spiro atoms. The van der Waals surface area contributed by atoms with Gasteiger partial charge in [0.2, 0.25) is 0 Å². The van der Waals surface area contributed by atoms with Crippen LogP contribution in [0.4, 0.5) is 5.69 Å². The lowest BCUT2D eigenvalue weighted by atomic mass is 10.1. The van der Waals surface area contributed by atoms with Crippen molar-refractivity contribution in [3.63, 3.8) is 0 Å². The molecule has 1 fully saturated rings. The highest BCUT2D eigenvalue weighted by Gasteiger charge is 2.19. The van der Waals surface area contributed by atoms with Gasteiger partial charge in [0.1, 0.15) is 12.4 Å². The third-order valence-corrected chi connectivity index (χ3v) is 6.28. The quantitative estimate of drug-likeness (QED) is 0.422. The molecule has 176 valence electrons. The molecule has 2 amide bonds. The summed E-state index contributed by atoms with van der Waals surface area (Å²) in [6, 6.07) is 22.0. The molecule has 3 aromatic carbocycles. The largest absolute Gasteiger partial charge is 0.490 e. The van der Waals surface area contributed by atoms with Crippen LogP contribution in [0.1, 0.15) is 39.1 Å². The van der Waals surface area contributed by atoms with Crippen molar-refractivity contribution in [3.8, 4) is 5.75 Å². The Morgan fingerprint density at radius 1 is 1.09 bits per heavy atom. The van der Waals surface area contributed by atoms with E-state index in [9.17, 15) is 9.59 Å². The Labute approximate surface area is 208 Å². The maximum Gasteiger partial charge on any atom is 0.256 e. The normalized spacial score (nSPS) is 15.1. The molecule has 1 unspecified atom stereocenters. The Morgan fingerprint density at radius 3 is 2.59 bits per heavy atom. The van der Waals surface area contributed by atoms with Crippen LogP contribution < -0.4 is 10.1 Å². The summed E-state index contributed by atoms with van der Waals surface area (Å²) in [4.78, 5) is 27.7. The fourth-order valence-electron chi connectivity index (χ4n) is 3.83. The zero-order chi connectivity index (χ0) is 23.9. The van der Waals surface area contributed by atoms with E-state index < -0.39 is 0 Å². The topological polar surface area (TPSA) is 67.9 Å². The molecule has 1 N–H and O–H groups in total. The lowest BCUT2D eigenvalue weighted by Crippen LogP contribution is -2.27. The predicted octanol–water partition coefficient (Wildman–Crippen LogP) is 5.53. The van der Waals surface area contributed by atoms with Crippen LogP contribution in [0.2, 0.25) is 0 Å². The summed E-state index contributed by atoms with van der Waals surface area (Å²) in [5, 5.41) is 2.88. The second kappa shape index (κ2) is 11.3. The standard InChI is InChI=1S/C27H27BrN2O4/c1-30(17-19-8-3-2-4-9-19)27(32)22-11-5-6-12-24(22)29-26(31)20-13-14-25(23(28)16-20)34-18-21-10-7-15-33-21/h2-6,8-9,11-14,16,21H,7,10,15,17-18H2,1H3,(H,29,31). The summed E-state index contributed by atoms with van der Waals surface area (Å²) >= 11 is 3.49. The fourth-order valence-corrected chi connectivity index (χ4v) is 4.32. The maximum atomic E-state index is 13.1. The molecule has 0 radical (unpaired) electrons. The van der Waals surface area contributed by atoms with E-state index in [-0.39, 0.29) is 17.9 Å². The van der Waals surface area contributed by atoms with Crippen LogP contribution in [0.25, 0.3) is 0 Å². The molecule has 1 saturated heterocycles. The van der Waals surface area contributed by atoms with Crippen molar-refractivity contribution in [1.82, 2.24) is 4.90 Å². The number of nitrogens with zero attached hydrogens (tertiary/aromatic N) is 1. The molecule has 0 aliphatic carbocycles. The number of rotatable bonds is 8. The number of para-hydroxylation sites is 1. The number of hydrogen-bond acceptors (Lipinski definition) is 4. The molecule has 1 heterocycles. The van der Waals surface area contributed by atoms with Gasteiger partial charge >= 0.3 is 0 Å². The Bertz CT molecular complexity index is 1150.